The average Bonchev–Trinajstić information content (AvgIpc) is 2.91. The minimum atomic E-state index is -0.858. The van der Waals surface area contributed by atoms with Crippen LogP contribution in [0.5, 0.6) is 0 Å². The number of hydrogen-bond acceptors (Lipinski definition) is 5. The number of carbonyl (C=O) groups is 2. The van der Waals surface area contributed by atoms with Gasteiger partial charge in [0.25, 0.3) is 0 Å². The number of nitrogens with one attached hydrogen (secondary N) is 1. The number of aromatic nitrogens is 3. The molecule has 146 valence electrons. The number of thioether (sulfide) groups is 1. The van der Waals surface area contributed by atoms with Crippen LogP contribution in [0.1, 0.15) is 40.2 Å². The molecule has 0 aliphatic carbocycles. The third kappa shape index (κ3) is 5.09. The van der Waals surface area contributed by atoms with Crippen LogP contribution in [0.3, 0.4) is 0 Å². The van der Waals surface area contributed by atoms with Crippen molar-refractivity contribution in [3.05, 3.63) is 29.8 Å². The number of carbonyl (C=O) groups excluding carboxylic acids is 2. The van der Waals surface area contributed by atoms with Gasteiger partial charge in [-0.1, -0.05) is 70.6 Å². The minimum Gasteiger partial charge on any atom is -0.351 e. The molecule has 0 saturated carbocycles. The molecule has 0 saturated heterocycles. The number of rotatable bonds is 5. The number of nitrogens with zero attached hydrogens (tertiary/aromatic N) is 3. The van der Waals surface area contributed by atoms with Crippen molar-refractivity contribution in [2.75, 3.05) is 0 Å². The van der Waals surface area contributed by atoms with Gasteiger partial charge >= 0.3 is 6.03 Å². The summed E-state index contributed by atoms with van der Waals surface area (Å²) in [6.07, 6.45) is 0. The summed E-state index contributed by atoms with van der Waals surface area (Å²) in [5.74, 6) is 0.276. The summed E-state index contributed by atoms with van der Waals surface area (Å²) in [4.78, 5) is 23.2. The quantitative estimate of drug-likeness (QED) is 0.765. The maximum absolute atomic E-state index is 12.2. The third-order valence-electron chi connectivity index (χ3n) is 4.19. The van der Waals surface area contributed by atoms with E-state index in [1.165, 1.54) is 17.3 Å². The standard InChI is InChI=1S/C19H27N5O2S/c1-11(2)14(16(25)21-17(20)26)27-18-23-22-15(24(18)6)12-7-9-13(10-8-12)19(3,4)5/h7-11,14H,1-6H3,(H3,20,21,25,26)/t14-/m0/s1. The van der Waals surface area contributed by atoms with Crippen LogP contribution in [0.25, 0.3) is 11.4 Å². The number of imide groups is 1. The van der Waals surface area contributed by atoms with Gasteiger partial charge in [0, 0.05) is 12.6 Å². The van der Waals surface area contributed by atoms with E-state index in [0.717, 1.165) is 11.4 Å². The van der Waals surface area contributed by atoms with Gasteiger partial charge in [0.1, 0.15) is 0 Å². The molecular formula is C19H27N5O2S. The number of benzene rings is 1. The molecule has 8 heteroatoms. The Balaban J connectivity index is 2.25. The molecule has 2 rings (SSSR count). The van der Waals surface area contributed by atoms with Gasteiger partial charge in [-0.3, -0.25) is 10.1 Å². The normalized spacial score (nSPS) is 12.9. The number of urea groups is 1. The van der Waals surface area contributed by atoms with Crippen molar-refractivity contribution in [1.29, 1.82) is 0 Å². The van der Waals surface area contributed by atoms with Gasteiger partial charge in [-0.15, -0.1) is 10.2 Å². The van der Waals surface area contributed by atoms with Crippen LogP contribution in [0.2, 0.25) is 0 Å². The van der Waals surface area contributed by atoms with Crippen molar-refractivity contribution in [1.82, 2.24) is 20.1 Å². The van der Waals surface area contributed by atoms with Crippen LogP contribution in [0.4, 0.5) is 4.79 Å². The van der Waals surface area contributed by atoms with Gasteiger partial charge in [-0.2, -0.15) is 0 Å². The zero-order chi connectivity index (χ0) is 20.4. The molecule has 3 N–H and O–H groups in total. The Morgan fingerprint density at radius 3 is 2.22 bits per heavy atom. The Labute approximate surface area is 164 Å². The molecule has 0 aliphatic heterocycles. The van der Waals surface area contributed by atoms with Crippen molar-refractivity contribution < 1.29 is 9.59 Å². The van der Waals surface area contributed by atoms with Crippen molar-refractivity contribution in [2.24, 2.45) is 18.7 Å². The average molecular weight is 390 g/mol. The molecule has 3 amide bonds. The van der Waals surface area contributed by atoms with Gasteiger partial charge in [0.15, 0.2) is 11.0 Å². The van der Waals surface area contributed by atoms with Gasteiger partial charge in [-0.05, 0) is 16.9 Å². The van der Waals surface area contributed by atoms with E-state index in [4.69, 9.17) is 5.73 Å². The molecule has 0 aliphatic rings. The lowest BCUT2D eigenvalue weighted by Gasteiger charge is -2.19. The van der Waals surface area contributed by atoms with E-state index in [2.05, 4.69) is 48.4 Å². The predicted octanol–water partition coefficient (Wildman–Crippen LogP) is 3.09. The molecule has 1 heterocycles. The van der Waals surface area contributed by atoms with Gasteiger partial charge < -0.3 is 10.3 Å². The highest BCUT2D eigenvalue weighted by molar-refractivity contribution is 8.00. The first-order chi connectivity index (χ1) is 12.5. The molecule has 2 aromatic rings. The van der Waals surface area contributed by atoms with Crippen LogP contribution in [0.15, 0.2) is 29.4 Å². The summed E-state index contributed by atoms with van der Waals surface area (Å²) >= 11 is 1.27. The first-order valence-corrected chi connectivity index (χ1v) is 9.66. The summed E-state index contributed by atoms with van der Waals surface area (Å²) < 4.78 is 1.85. The molecule has 7 nitrogen and oxygen atoms in total. The fraction of sp³-hybridized carbons (Fsp3) is 0.474. The van der Waals surface area contributed by atoms with Gasteiger partial charge in [0.2, 0.25) is 5.91 Å². The molecule has 1 atom stereocenters. The summed E-state index contributed by atoms with van der Waals surface area (Å²) in [6, 6.07) is 7.38. The Hall–Kier alpha value is -2.35. The topological polar surface area (TPSA) is 103 Å². The first kappa shape index (κ1) is 21.0. The zero-order valence-corrected chi connectivity index (χ0v) is 17.4. The fourth-order valence-electron chi connectivity index (χ4n) is 2.59. The van der Waals surface area contributed by atoms with Crippen molar-refractivity contribution in [3.8, 4) is 11.4 Å². The van der Waals surface area contributed by atoms with Crippen LogP contribution < -0.4 is 11.1 Å². The fourth-order valence-corrected chi connectivity index (χ4v) is 3.58. The lowest BCUT2D eigenvalue weighted by molar-refractivity contribution is -0.120. The van der Waals surface area contributed by atoms with E-state index < -0.39 is 17.2 Å². The van der Waals surface area contributed by atoms with Crippen LogP contribution in [0, 0.1) is 5.92 Å². The van der Waals surface area contributed by atoms with Gasteiger partial charge in [0.05, 0.1) is 5.25 Å². The lowest BCUT2D eigenvalue weighted by atomic mass is 9.87. The molecule has 27 heavy (non-hydrogen) atoms. The second-order valence-electron chi connectivity index (χ2n) is 7.83. The predicted molar refractivity (Wildman–Crippen MR) is 107 cm³/mol. The van der Waals surface area contributed by atoms with E-state index in [0.29, 0.717) is 5.16 Å². The number of hydrogen-bond donors (Lipinski definition) is 2. The largest absolute Gasteiger partial charge is 0.351 e. The molecule has 0 radical (unpaired) electrons. The third-order valence-corrected chi connectivity index (χ3v) is 5.77. The molecule has 0 fully saturated rings. The lowest BCUT2D eigenvalue weighted by Crippen LogP contribution is -2.42. The monoisotopic (exact) mass is 389 g/mol. The van der Waals surface area contributed by atoms with Crippen LogP contribution >= 0.6 is 11.8 Å². The van der Waals surface area contributed by atoms with Crippen LogP contribution in [-0.2, 0) is 17.3 Å². The van der Waals surface area contributed by atoms with Crippen LogP contribution in [-0.4, -0.2) is 32.0 Å². The minimum absolute atomic E-state index is 0.0134. The molecule has 1 aromatic carbocycles. The van der Waals surface area contributed by atoms with E-state index >= 15 is 0 Å². The summed E-state index contributed by atoms with van der Waals surface area (Å²) in [7, 11) is 1.86. The van der Waals surface area contributed by atoms with E-state index in [-0.39, 0.29) is 11.3 Å². The SMILES string of the molecule is CC(C)[C@H](Sc1nnc(-c2ccc(C(C)(C)C)cc2)n1C)C(=O)NC(N)=O. The molecule has 1 aromatic heterocycles. The Morgan fingerprint density at radius 2 is 1.74 bits per heavy atom. The number of nitrogens with two attached hydrogens (primary N) is 1. The van der Waals surface area contributed by atoms with E-state index in [9.17, 15) is 9.59 Å². The highest BCUT2D eigenvalue weighted by Crippen LogP contribution is 2.30. The zero-order valence-electron chi connectivity index (χ0n) is 16.6. The smallest absolute Gasteiger partial charge is 0.318 e. The van der Waals surface area contributed by atoms with E-state index in [1.54, 1.807) is 0 Å². The first-order valence-electron chi connectivity index (χ1n) is 8.78. The summed E-state index contributed by atoms with van der Waals surface area (Å²) in [5, 5.41) is 10.7. The van der Waals surface area contributed by atoms with E-state index in [1.807, 2.05) is 37.6 Å². The molecule has 0 spiro atoms. The Morgan fingerprint density at radius 1 is 1.15 bits per heavy atom. The van der Waals surface area contributed by atoms with Crippen molar-refractivity contribution in [3.63, 3.8) is 0 Å². The maximum atomic E-state index is 12.2. The molecule has 0 bridgehead atoms. The van der Waals surface area contributed by atoms with Crippen molar-refractivity contribution >= 4 is 23.7 Å². The number of amides is 3. The summed E-state index contributed by atoms with van der Waals surface area (Å²) in [5.41, 5.74) is 7.34. The second kappa shape index (κ2) is 8.12. The highest BCUT2D eigenvalue weighted by Gasteiger charge is 2.27. The Kier molecular flexibility index (Phi) is 6.30. The second-order valence-corrected chi connectivity index (χ2v) is 8.94. The summed E-state index contributed by atoms with van der Waals surface area (Å²) in [6.45, 7) is 10.3. The Bertz CT molecular complexity index is 822. The molecule has 0 unspecified atom stereocenters. The maximum Gasteiger partial charge on any atom is 0.318 e. The molecular weight excluding hydrogens is 362 g/mol. The van der Waals surface area contributed by atoms with Crippen molar-refractivity contribution in [2.45, 2.75) is 50.4 Å². The van der Waals surface area contributed by atoms with Gasteiger partial charge in [-0.25, -0.2) is 4.79 Å². The highest BCUT2D eigenvalue weighted by atomic mass is 32.2. The number of primary amides is 1.